The van der Waals surface area contributed by atoms with Gasteiger partial charge >= 0.3 is 5.97 Å². The topological polar surface area (TPSA) is 64.4 Å². The number of aromatic nitrogens is 2. The maximum Gasteiger partial charge on any atom is 0.338 e. The molecule has 0 spiro atoms. The van der Waals surface area contributed by atoms with Crippen molar-refractivity contribution in [1.82, 2.24) is 14.7 Å². The predicted molar refractivity (Wildman–Crippen MR) is 93.5 cm³/mol. The number of benzene rings is 1. The van der Waals surface area contributed by atoms with Crippen LogP contribution in [0.25, 0.3) is 5.69 Å². The Morgan fingerprint density at radius 1 is 1.24 bits per heavy atom. The van der Waals surface area contributed by atoms with Crippen molar-refractivity contribution in [2.75, 3.05) is 13.1 Å². The van der Waals surface area contributed by atoms with Gasteiger partial charge in [-0.2, -0.15) is 5.10 Å². The van der Waals surface area contributed by atoms with Crippen LogP contribution in [-0.4, -0.2) is 45.8 Å². The largest absolute Gasteiger partial charge is 0.459 e. The first-order valence-electron chi connectivity index (χ1n) is 8.76. The minimum absolute atomic E-state index is 0.133. The molecule has 6 nitrogen and oxygen atoms in total. The van der Waals surface area contributed by atoms with Crippen LogP contribution in [0.4, 0.5) is 0 Å². The maximum atomic E-state index is 12.4. The lowest BCUT2D eigenvalue weighted by atomic mass is 10.1. The molecule has 1 fully saturated rings. The summed E-state index contributed by atoms with van der Waals surface area (Å²) >= 11 is 0. The van der Waals surface area contributed by atoms with Gasteiger partial charge in [0.05, 0.1) is 11.3 Å². The van der Waals surface area contributed by atoms with Gasteiger partial charge in [0, 0.05) is 44.7 Å². The van der Waals surface area contributed by atoms with Gasteiger partial charge < -0.3 is 9.64 Å². The zero-order chi connectivity index (χ0) is 17.6. The Kier molecular flexibility index (Phi) is 5.48. The molecule has 1 aromatic heterocycles. The summed E-state index contributed by atoms with van der Waals surface area (Å²) < 4.78 is 7.33. The molecule has 0 radical (unpaired) electrons. The summed E-state index contributed by atoms with van der Waals surface area (Å²) in [6, 6.07) is 9.06. The molecule has 1 aromatic carbocycles. The number of hydrogen-bond acceptors (Lipinski definition) is 4. The van der Waals surface area contributed by atoms with Crippen LogP contribution in [0.5, 0.6) is 0 Å². The average molecular weight is 341 g/mol. The van der Waals surface area contributed by atoms with Crippen LogP contribution in [0.3, 0.4) is 0 Å². The molecule has 0 saturated carbocycles. The fourth-order valence-electron chi connectivity index (χ4n) is 3.01. The van der Waals surface area contributed by atoms with Crippen molar-refractivity contribution in [3.8, 4) is 5.69 Å². The molecule has 1 amide bonds. The lowest BCUT2D eigenvalue weighted by Gasteiger charge is -2.31. The molecule has 1 aliphatic rings. The van der Waals surface area contributed by atoms with Gasteiger partial charge in [0.2, 0.25) is 5.91 Å². The van der Waals surface area contributed by atoms with Gasteiger partial charge in [-0.25, -0.2) is 9.48 Å². The number of nitrogens with zero attached hydrogens (tertiary/aromatic N) is 3. The van der Waals surface area contributed by atoms with Crippen molar-refractivity contribution in [3.63, 3.8) is 0 Å². The van der Waals surface area contributed by atoms with Gasteiger partial charge in [0.25, 0.3) is 0 Å². The Hall–Kier alpha value is -2.63. The second-order valence-corrected chi connectivity index (χ2v) is 6.24. The number of hydrogen-bond donors (Lipinski definition) is 0. The molecule has 1 aliphatic heterocycles. The molecule has 1 saturated heterocycles. The van der Waals surface area contributed by atoms with Crippen molar-refractivity contribution < 1.29 is 14.3 Å². The zero-order valence-corrected chi connectivity index (χ0v) is 14.4. The lowest BCUT2D eigenvalue weighted by molar-refractivity contribution is -0.133. The van der Waals surface area contributed by atoms with E-state index in [2.05, 4.69) is 5.10 Å². The van der Waals surface area contributed by atoms with Crippen LogP contribution >= 0.6 is 0 Å². The van der Waals surface area contributed by atoms with Crippen LogP contribution in [0, 0.1) is 0 Å². The third-order valence-corrected chi connectivity index (χ3v) is 4.38. The molecule has 2 heterocycles. The van der Waals surface area contributed by atoms with Crippen LogP contribution in [0.2, 0.25) is 0 Å². The second kappa shape index (κ2) is 7.96. The summed E-state index contributed by atoms with van der Waals surface area (Å²) in [6.45, 7) is 3.32. The SMILES string of the molecule is CCCC(=O)N1CCC(OC(=O)c2cccc(-n3cccn3)c2)CC1. The monoisotopic (exact) mass is 341 g/mol. The van der Waals surface area contributed by atoms with Crippen LogP contribution in [0.15, 0.2) is 42.7 Å². The number of esters is 1. The number of piperidine rings is 1. The van der Waals surface area contributed by atoms with E-state index in [-0.39, 0.29) is 18.0 Å². The third kappa shape index (κ3) is 4.26. The van der Waals surface area contributed by atoms with Gasteiger partial charge in [-0.05, 0) is 30.7 Å². The van der Waals surface area contributed by atoms with Gasteiger partial charge in [-0.1, -0.05) is 13.0 Å². The number of carbonyl (C=O) groups excluding carboxylic acids is 2. The number of rotatable bonds is 5. The molecule has 6 heteroatoms. The highest BCUT2D eigenvalue weighted by atomic mass is 16.5. The molecule has 0 aliphatic carbocycles. The smallest absolute Gasteiger partial charge is 0.338 e. The van der Waals surface area contributed by atoms with E-state index >= 15 is 0 Å². The minimum Gasteiger partial charge on any atom is -0.459 e. The Bertz CT molecular complexity index is 719. The lowest BCUT2D eigenvalue weighted by Crippen LogP contribution is -2.41. The fourth-order valence-corrected chi connectivity index (χ4v) is 3.01. The van der Waals surface area contributed by atoms with E-state index in [4.69, 9.17) is 4.74 Å². The molecule has 0 atom stereocenters. The van der Waals surface area contributed by atoms with Crippen LogP contribution in [-0.2, 0) is 9.53 Å². The summed E-state index contributed by atoms with van der Waals surface area (Å²) in [5, 5.41) is 4.17. The standard InChI is InChI=1S/C19H23N3O3/c1-2-5-18(23)21-12-8-17(9-13-21)25-19(24)15-6-3-7-16(14-15)22-11-4-10-20-22/h3-4,6-7,10-11,14,17H,2,5,8-9,12-13H2,1H3. The number of amides is 1. The van der Waals surface area contributed by atoms with E-state index in [1.807, 2.05) is 36.2 Å². The van der Waals surface area contributed by atoms with Gasteiger partial charge in [0.15, 0.2) is 0 Å². The van der Waals surface area contributed by atoms with Gasteiger partial charge in [-0.3, -0.25) is 4.79 Å². The molecular weight excluding hydrogens is 318 g/mol. The van der Waals surface area contributed by atoms with E-state index < -0.39 is 0 Å². The third-order valence-electron chi connectivity index (χ3n) is 4.38. The molecule has 2 aromatic rings. The summed E-state index contributed by atoms with van der Waals surface area (Å²) in [5.74, 6) is -0.133. The van der Waals surface area contributed by atoms with Crippen molar-refractivity contribution >= 4 is 11.9 Å². The molecule has 0 bridgehead atoms. The Labute approximate surface area is 147 Å². The van der Waals surface area contributed by atoms with Crippen molar-refractivity contribution in [2.24, 2.45) is 0 Å². The van der Waals surface area contributed by atoms with Crippen molar-refractivity contribution in [2.45, 2.75) is 38.7 Å². The summed E-state index contributed by atoms with van der Waals surface area (Å²) in [7, 11) is 0. The molecule has 132 valence electrons. The van der Waals surface area contributed by atoms with Gasteiger partial charge in [-0.15, -0.1) is 0 Å². The Morgan fingerprint density at radius 2 is 2.04 bits per heavy atom. The highest BCUT2D eigenvalue weighted by Crippen LogP contribution is 2.18. The molecular formula is C19H23N3O3. The second-order valence-electron chi connectivity index (χ2n) is 6.24. The molecule has 0 unspecified atom stereocenters. The Balaban J connectivity index is 1.57. The van der Waals surface area contributed by atoms with Crippen molar-refractivity contribution in [1.29, 1.82) is 0 Å². The highest BCUT2D eigenvalue weighted by molar-refractivity contribution is 5.90. The van der Waals surface area contributed by atoms with E-state index in [0.717, 1.165) is 12.1 Å². The summed E-state index contributed by atoms with van der Waals surface area (Å²) in [6.07, 6.45) is 6.23. The van der Waals surface area contributed by atoms with Crippen molar-refractivity contribution in [3.05, 3.63) is 48.3 Å². The van der Waals surface area contributed by atoms with Crippen LogP contribution in [0.1, 0.15) is 43.0 Å². The average Bonchev–Trinajstić information content (AvgIpc) is 3.17. The zero-order valence-electron chi connectivity index (χ0n) is 14.4. The minimum atomic E-state index is -0.327. The highest BCUT2D eigenvalue weighted by Gasteiger charge is 2.25. The predicted octanol–water partition coefficient (Wildman–Crippen LogP) is 2.82. The van der Waals surface area contributed by atoms with E-state index in [9.17, 15) is 9.59 Å². The molecule has 0 N–H and O–H groups in total. The number of carbonyl (C=O) groups is 2. The first-order chi connectivity index (χ1) is 12.2. The van der Waals surface area contributed by atoms with Crippen LogP contribution < -0.4 is 0 Å². The normalized spacial score (nSPS) is 15.2. The summed E-state index contributed by atoms with van der Waals surface area (Å²) in [5.41, 5.74) is 1.33. The first kappa shape index (κ1) is 17.2. The summed E-state index contributed by atoms with van der Waals surface area (Å²) in [4.78, 5) is 26.2. The van der Waals surface area contributed by atoms with E-state index in [0.29, 0.717) is 37.9 Å². The molecule has 25 heavy (non-hydrogen) atoms. The Morgan fingerprint density at radius 3 is 2.72 bits per heavy atom. The number of ether oxygens (including phenoxy) is 1. The van der Waals surface area contributed by atoms with E-state index in [1.165, 1.54) is 0 Å². The maximum absolute atomic E-state index is 12.4. The quantitative estimate of drug-likeness (QED) is 0.785. The molecule has 3 rings (SSSR count). The first-order valence-corrected chi connectivity index (χ1v) is 8.76. The van der Waals surface area contributed by atoms with Gasteiger partial charge in [0.1, 0.15) is 6.10 Å². The van der Waals surface area contributed by atoms with E-state index in [1.54, 1.807) is 23.0 Å². The fraction of sp³-hybridized carbons (Fsp3) is 0.421. The number of likely N-dealkylation sites (tertiary alicyclic amines) is 1.